The van der Waals surface area contributed by atoms with Crippen LogP contribution in [0.2, 0.25) is 5.02 Å². The van der Waals surface area contributed by atoms with E-state index in [4.69, 9.17) is 21.6 Å². The lowest BCUT2D eigenvalue weighted by Gasteiger charge is -2.24. The Morgan fingerprint density at radius 3 is 2.39 bits per heavy atom. The van der Waals surface area contributed by atoms with Crippen LogP contribution in [0.5, 0.6) is 11.5 Å². The molecule has 0 aromatic heterocycles. The number of hydrogen-bond acceptors (Lipinski definition) is 4. The molecular weight excluding hydrogens is 392 g/mol. The van der Waals surface area contributed by atoms with Crippen LogP contribution >= 0.6 is 23.4 Å². The number of anilines is 1. The van der Waals surface area contributed by atoms with Crippen molar-refractivity contribution in [2.45, 2.75) is 5.37 Å². The molecule has 4 rings (SSSR count). The highest BCUT2D eigenvalue weighted by Crippen LogP contribution is 2.42. The second kappa shape index (κ2) is 7.97. The number of ether oxygens (including phenoxy) is 1. The minimum Gasteiger partial charge on any atom is -0.457 e. The Kier molecular flexibility index (Phi) is 5.25. The van der Waals surface area contributed by atoms with Crippen LogP contribution in [0.4, 0.5) is 5.69 Å². The topological polar surface area (TPSA) is 53.3 Å². The highest BCUT2D eigenvalue weighted by molar-refractivity contribution is 8.00. The summed E-state index contributed by atoms with van der Waals surface area (Å²) in [7, 11) is 0. The lowest BCUT2D eigenvalue weighted by atomic mass is 10.1. The van der Waals surface area contributed by atoms with E-state index in [-0.39, 0.29) is 11.3 Å². The van der Waals surface area contributed by atoms with Gasteiger partial charge in [-0.15, -0.1) is 11.8 Å². The van der Waals surface area contributed by atoms with E-state index in [1.807, 2.05) is 42.5 Å². The average molecular weight is 407 g/mol. The van der Waals surface area contributed by atoms with Gasteiger partial charge >= 0.3 is 0 Å². The van der Waals surface area contributed by atoms with Crippen molar-refractivity contribution in [3.63, 3.8) is 0 Å². The van der Waals surface area contributed by atoms with Crippen LogP contribution in [-0.4, -0.2) is 11.7 Å². The molecule has 1 aliphatic heterocycles. The number of nitriles is 1. The van der Waals surface area contributed by atoms with Gasteiger partial charge in [-0.1, -0.05) is 23.7 Å². The molecule has 1 unspecified atom stereocenters. The van der Waals surface area contributed by atoms with Gasteiger partial charge in [0, 0.05) is 10.7 Å². The smallest absolute Gasteiger partial charge is 0.238 e. The van der Waals surface area contributed by atoms with Gasteiger partial charge in [-0.3, -0.25) is 9.69 Å². The van der Waals surface area contributed by atoms with Gasteiger partial charge < -0.3 is 4.74 Å². The average Bonchev–Trinajstić information content (AvgIpc) is 3.12. The molecule has 138 valence electrons. The van der Waals surface area contributed by atoms with Crippen molar-refractivity contribution in [1.82, 2.24) is 0 Å². The van der Waals surface area contributed by atoms with E-state index >= 15 is 0 Å². The van der Waals surface area contributed by atoms with Crippen molar-refractivity contribution in [3.05, 3.63) is 88.9 Å². The predicted octanol–water partition coefficient (Wildman–Crippen LogP) is 5.78. The van der Waals surface area contributed by atoms with E-state index in [0.717, 1.165) is 11.3 Å². The number of amides is 1. The molecule has 28 heavy (non-hydrogen) atoms. The number of thioether (sulfide) groups is 1. The Morgan fingerprint density at radius 2 is 1.71 bits per heavy atom. The van der Waals surface area contributed by atoms with Crippen molar-refractivity contribution >= 4 is 35.0 Å². The fraction of sp³-hybridized carbons (Fsp3) is 0.0909. The number of carbonyl (C=O) groups excluding carboxylic acids is 1. The van der Waals surface area contributed by atoms with E-state index < -0.39 is 0 Å². The maximum Gasteiger partial charge on any atom is 0.238 e. The van der Waals surface area contributed by atoms with Gasteiger partial charge in [0.1, 0.15) is 16.9 Å². The van der Waals surface area contributed by atoms with Gasteiger partial charge in [0.25, 0.3) is 0 Å². The Balaban J connectivity index is 1.57. The first-order valence-corrected chi connectivity index (χ1v) is 10.0. The first-order valence-electron chi connectivity index (χ1n) is 8.61. The lowest BCUT2D eigenvalue weighted by molar-refractivity contribution is -0.115. The molecule has 4 nitrogen and oxygen atoms in total. The summed E-state index contributed by atoms with van der Waals surface area (Å²) in [6, 6.07) is 24.1. The third-order valence-electron chi connectivity index (χ3n) is 4.33. The van der Waals surface area contributed by atoms with E-state index in [1.54, 1.807) is 47.0 Å². The van der Waals surface area contributed by atoms with Gasteiger partial charge in [0.2, 0.25) is 5.91 Å². The zero-order valence-electron chi connectivity index (χ0n) is 14.7. The minimum absolute atomic E-state index is 0.0451. The van der Waals surface area contributed by atoms with E-state index in [2.05, 4.69) is 6.07 Å². The summed E-state index contributed by atoms with van der Waals surface area (Å²) in [6.07, 6.45) is 0. The Hall–Kier alpha value is -2.94. The number of benzene rings is 3. The Labute approximate surface area is 172 Å². The van der Waals surface area contributed by atoms with E-state index in [9.17, 15) is 4.79 Å². The summed E-state index contributed by atoms with van der Waals surface area (Å²) in [5.41, 5.74) is 2.33. The molecule has 0 spiro atoms. The summed E-state index contributed by atoms with van der Waals surface area (Å²) < 4.78 is 5.82. The number of carbonyl (C=O) groups is 1. The molecule has 0 N–H and O–H groups in total. The first-order chi connectivity index (χ1) is 13.6. The van der Waals surface area contributed by atoms with Crippen molar-refractivity contribution < 1.29 is 9.53 Å². The molecule has 1 atom stereocenters. The van der Waals surface area contributed by atoms with Gasteiger partial charge in [-0.05, 0) is 66.2 Å². The lowest BCUT2D eigenvalue weighted by Crippen LogP contribution is -2.27. The van der Waals surface area contributed by atoms with Gasteiger partial charge in [-0.25, -0.2) is 0 Å². The number of rotatable bonds is 4. The second-order valence-electron chi connectivity index (χ2n) is 6.21. The zero-order valence-corrected chi connectivity index (χ0v) is 16.3. The van der Waals surface area contributed by atoms with Gasteiger partial charge in [-0.2, -0.15) is 5.26 Å². The summed E-state index contributed by atoms with van der Waals surface area (Å²) in [5.74, 6) is 1.82. The molecule has 0 aliphatic carbocycles. The summed E-state index contributed by atoms with van der Waals surface area (Å²) >= 11 is 7.45. The van der Waals surface area contributed by atoms with Gasteiger partial charge in [0.05, 0.1) is 17.4 Å². The maximum absolute atomic E-state index is 12.5. The van der Waals surface area contributed by atoms with Crippen molar-refractivity contribution in [2.24, 2.45) is 0 Å². The Bertz CT molecular complexity index is 1050. The molecular formula is C22H15ClN2O2S. The summed E-state index contributed by atoms with van der Waals surface area (Å²) in [4.78, 5) is 14.3. The summed E-state index contributed by atoms with van der Waals surface area (Å²) in [5, 5.41) is 9.65. The van der Waals surface area contributed by atoms with Crippen LogP contribution in [0.15, 0.2) is 72.8 Å². The molecule has 1 heterocycles. The van der Waals surface area contributed by atoms with E-state index in [1.165, 1.54) is 0 Å². The number of nitrogens with zero attached hydrogens (tertiary/aromatic N) is 2. The molecule has 1 saturated heterocycles. The molecule has 0 bridgehead atoms. The standard InChI is InChI=1S/C22H15ClN2O2S/c23-17-4-8-19(9-5-17)27-20-10-6-18(7-11-20)25-21(26)14-28-22(25)16-3-1-2-15(12-16)13-24/h1-12,22H,14H2. The number of halogens is 1. The molecule has 3 aromatic rings. The quantitative estimate of drug-likeness (QED) is 0.550. The van der Waals surface area contributed by atoms with Crippen LogP contribution in [0.25, 0.3) is 0 Å². The fourth-order valence-corrected chi connectivity index (χ4v) is 4.32. The molecule has 3 aromatic carbocycles. The van der Waals surface area contributed by atoms with Crippen molar-refractivity contribution in [3.8, 4) is 17.6 Å². The fourth-order valence-electron chi connectivity index (χ4n) is 3.03. The summed E-state index contributed by atoms with van der Waals surface area (Å²) in [6.45, 7) is 0. The monoisotopic (exact) mass is 406 g/mol. The SMILES string of the molecule is N#Cc1cccc(C2SCC(=O)N2c2ccc(Oc3ccc(Cl)cc3)cc2)c1. The zero-order chi connectivity index (χ0) is 19.5. The van der Waals surface area contributed by atoms with Crippen LogP contribution < -0.4 is 9.64 Å². The van der Waals surface area contributed by atoms with Crippen LogP contribution in [0.1, 0.15) is 16.5 Å². The highest BCUT2D eigenvalue weighted by Gasteiger charge is 2.34. The molecule has 1 amide bonds. The van der Waals surface area contributed by atoms with Crippen molar-refractivity contribution in [2.75, 3.05) is 10.7 Å². The molecule has 1 fully saturated rings. The second-order valence-corrected chi connectivity index (χ2v) is 7.72. The Morgan fingerprint density at radius 1 is 1.04 bits per heavy atom. The highest BCUT2D eigenvalue weighted by atomic mass is 35.5. The first kappa shape index (κ1) is 18.4. The third kappa shape index (κ3) is 3.84. The largest absolute Gasteiger partial charge is 0.457 e. The van der Waals surface area contributed by atoms with Crippen LogP contribution in [0.3, 0.4) is 0 Å². The molecule has 0 saturated carbocycles. The number of hydrogen-bond donors (Lipinski definition) is 0. The van der Waals surface area contributed by atoms with Crippen LogP contribution in [-0.2, 0) is 4.79 Å². The van der Waals surface area contributed by atoms with E-state index in [0.29, 0.717) is 27.8 Å². The normalized spacial score (nSPS) is 16.1. The van der Waals surface area contributed by atoms with Crippen LogP contribution in [0, 0.1) is 11.3 Å². The third-order valence-corrected chi connectivity index (χ3v) is 5.80. The molecule has 0 radical (unpaired) electrons. The minimum atomic E-state index is -0.149. The molecule has 1 aliphatic rings. The van der Waals surface area contributed by atoms with Gasteiger partial charge in [0.15, 0.2) is 0 Å². The maximum atomic E-state index is 12.5. The molecule has 6 heteroatoms. The van der Waals surface area contributed by atoms with Crippen molar-refractivity contribution in [1.29, 1.82) is 5.26 Å². The predicted molar refractivity (Wildman–Crippen MR) is 112 cm³/mol.